The topological polar surface area (TPSA) is 43.9 Å². The van der Waals surface area contributed by atoms with Gasteiger partial charge in [0, 0.05) is 50.0 Å². The summed E-state index contributed by atoms with van der Waals surface area (Å²) in [6, 6.07) is 7.79. The molecule has 3 rings (SSSR count). The van der Waals surface area contributed by atoms with Gasteiger partial charge in [-0.1, -0.05) is 30.5 Å². The molecule has 1 aromatic carbocycles. The van der Waals surface area contributed by atoms with Crippen LogP contribution in [0.2, 0.25) is 5.02 Å². The van der Waals surface area contributed by atoms with E-state index in [1.54, 1.807) is 13.8 Å². The Hall–Kier alpha value is -1.75. The largest absolute Gasteiger partial charge is 0.368 e. The first kappa shape index (κ1) is 20.0. The van der Waals surface area contributed by atoms with E-state index in [4.69, 9.17) is 11.6 Å². The molecule has 5 nitrogen and oxygen atoms in total. The monoisotopic (exact) mass is 391 g/mol. The van der Waals surface area contributed by atoms with Crippen LogP contribution in [0.5, 0.6) is 0 Å². The molecule has 0 spiro atoms. The number of carbonyl (C=O) groups excluding carboxylic acids is 2. The minimum Gasteiger partial charge on any atom is -0.368 e. The number of likely N-dealkylation sites (tertiary alicyclic amines) is 1. The number of benzene rings is 1. The zero-order chi connectivity index (χ0) is 19.4. The summed E-state index contributed by atoms with van der Waals surface area (Å²) in [5, 5.41) is 0.718. The fourth-order valence-corrected chi connectivity index (χ4v) is 4.18. The van der Waals surface area contributed by atoms with Gasteiger partial charge < -0.3 is 14.7 Å². The summed E-state index contributed by atoms with van der Waals surface area (Å²) in [6.07, 6.45) is 4.41. The molecule has 6 heteroatoms. The molecule has 148 valence electrons. The maximum absolute atomic E-state index is 13.1. The van der Waals surface area contributed by atoms with Crippen molar-refractivity contribution in [3.05, 3.63) is 29.3 Å². The fourth-order valence-electron chi connectivity index (χ4n) is 4.00. The predicted molar refractivity (Wildman–Crippen MR) is 109 cm³/mol. The Morgan fingerprint density at radius 2 is 1.41 bits per heavy atom. The first-order valence-corrected chi connectivity index (χ1v) is 10.4. The molecular formula is C21H30ClN3O2. The molecule has 0 aromatic heterocycles. The maximum Gasteiger partial charge on any atom is 0.237 e. The van der Waals surface area contributed by atoms with Crippen molar-refractivity contribution >= 4 is 29.1 Å². The van der Waals surface area contributed by atoms with E-state index in [0.717, 1.165) is 49.7 Å². The quantitative estimate of drug-likeness (QED) is 0.741. The first-order chi connectivity index (χ1) is 12.9. The molecule has 0 aliphatic carbocycles. The van der Waals surface area contributed by atoms with Crippen molar-refractivity contribution in [3.8, 4) is 0 Å². The number of halogens is 1. The molecule has 27 heavy (non-hydrogen) atoms. The molecule has 0 unspecified atom stereocenters. The summed E-state index contributed by atoms with van der Waals surface area (Å²) in [7, 11) is 0. The molecule has 2 amide bonds. The lowest BCUT2D eigenvalue weighted by Crippen LogP contribution is -2.56. The molecule has 2 heterocycles. The number of anilines is 1. The highest BCUT2D eigenvalue weighted by Crippen LogP contribution is 2.26. The van der Waals surface area contributed by atoms with Crippen molar-refractivity contribution in [2.45, 2.75) is 39.5 Å². The van der Waals surface area contributed by atoms with Crippen LogP contribution in [0.1, 0.15) is 39.5 Å². The van der Waals surface area contributed by atoms with Gasteiger partial charge in [0.2, 0.25) is 11.8 Å². The smallest absolute Gasteiger partial charge is 0.237 e. The van der Waals surface area contributed by atoms with Crippen LogP contribution in [0, 0.1) is 5.41 Å². The molecule has 2 aliphatic heterocycles. The van der Waals surface area contributed by atoms with Crippen LogP contribution in [0.3, 0.4) is 0 Å². The lowest BCUT2D eigenvalue weighted by molar-refractivity contribution is -0.154. The Morgan fingerprint density at radius 1 is 0.852 bits per heavy atom. The second kappa shape index (κ2) is 8.51. The zero-order valence-corrected chi connectivity index (χ0v) is 17.2. The Morgan fingerprint density at radius 3 is 1.96 bits per heavy atom. The molecule has 0 bridgehead atoms. The Balaban J connectivity index is 1.61. The average molecular weight is 392 g/mol. The van der Waals surface area contributed by atoms with Gasteiger partial charge in [0.25, 0.3) is 0 Å². The average Bonchev–Trinajstić information content (AvgIpc) is 2.96. The number of amides is 2. The van der Waals surface area contributed by atoms with Crippen molar-refractivity contribution < 1.29 is 9.59 Å². The van der Waals surface area contributed by atoms with Crippen LogP contribution in [0.4, 0.5) is 5.69 Å². The van der Waals surface area contributed by atoms with E-state index >= 15 is 0 Å². The summed E-state index contributed by atoms with van der Waals surface area (Å²) in [4.78, 5) is 32.1. The van der Waals surface area contributed by atoms with E-state index in [9.17, 15) is 9.59 Å². The predicted octanol–water partition coefficient (Wildman–Crippen LogP) is 3.42. The molecule has 0 N–H and O–H groups in total. The Labute approximate surface area is 167 Å². The Bertz CT molecular complexity index is 676. The molecule has 2 aliphatic rings. The van der Waals surface area contributed by atoms with Crippen LogP contribution in [-0.2, 0) is 9.59 Å². The molecule has 0 saturated carbocycles. The third kappa shape index (κ3) is 4.57. The van der Waals surface area contributed by atoms with Gasteiger partial charge in [-0.25, -0.2) is 0 Å². The molecule has 0 radical (unpaired) electrons. The van der Waals surface area contributed by atoms with Gasteiger partial charge >= 0.3 is 0 Å². The van der Waals surface area contributed by atoms with Crippen molar-refractivity contribution in [2.75, 3.05) is 44.2 Å². The van der Waals surface area contributed by atoms with Crippen LogP contribution in [0.15, 0.2) is 24.3 Å². The summed E-state index contributed by atoms with van der Waals surface area (Å²) >= 11 is 6.09. The van der Waals surface area contributed by atoms with Gasteiger partial charge in [-0.05, 0) is 44.9 Å². The lowest BCUT2D eigenvalue weighted by Gasteiger charge is -2.40. The van der Waals surface area contributed by atoms with E-state index in [0.29, 0.717) is 13.1 Å². The lowest BCUT2D eigenvalue weighted by atomic mass is 9.89. The highest BCUT2D eigenvalue weighted by molar-refractivity contribution is 6.30. The van der Waals surface area contributed by atoms with Crippen LogP contribution >= 0.6 is 11.6 Å². The minimum atomic E-state index is -0.997. The van der Waals surface area contributed by atoms with Gasteiger partial charge in [0.15, 0.2) is 0 Å². The second-order valence-corrected chi connectivity index (χ2v) is 8.53. The molecule has 1 aromatic rings. The van der Waals surface area contributed by atoms with E-state index in [2.05, 4.69) is 4.90 Å². The normalized spacial score (nSPS) is 19.0. The SMILES string of the molecule is CC(C)(C(=O)N1CCCCCC1)C(=O)N1CCN(c2cccc(Cl)c2)CC1. The van der Waals surface area contributed by atoms with Crippen molar-refractivity contribution in [1.29, 1.82) is 0 Å². The van der Waals surface area contributed by atoms with Crippen molar-refractivity contribution in [3.63, 3.8) is 0 Å². The minimum absolute atomic E-state index is 0.0216. The van der Waals surface area contributed by atoms with Gasteiger partial charge in [-0.2, -0.15) is 0 Å². The van der Waals surface area contributed by atoms with Gasteiger partial charge in [-0.3, -0.25) is 9.59 Å². The summed E-state index contributed by atoms with van der Waals surface area (Å²) in [5.74, 6) is -0.0749. The number of rotatable bonds is 3. The van der Waals surface area contributed by atoms with Gasteiger partial charge in [-0.15, -0.1) is 0 Å². The van der Waals surface area contributed by atoms with Gasteiger partial charge in [0.05, 0.1) is 0 Å². The number of hydrogen-bond acceptors (Lipinski definition) is 3. The summed E-state index contributed by atoms with van der Waals surface area (Å²) in [5.41, 5.74) is 0.0808. The van der Waals surface area contributed by atoms with Crippen LogP contribution in [0.25, 0.3) is 0 Å². The summed E-state index contributed by atoms with van der Waals surface area (Å²) in [6.45, 7) is 7.87. The van der Waals surface area contributed by atoms with E-state index in [-0.39, 0.29) is 11.8 Å². The summed E-state index contributed by atoms with van der Waals surface area (Å²) < 4.78 is 0. The van der Waals surface area contributed by atoms with Crippen LogP contribution in [-0.4, -0.2) is 60.9 Å². The highest BCUT2D eigenvalue weighted by atomic mass is 35.5. The number of piperazine rings is 1. The third-order valence-corrected chi connectivity index (χ3v) is 5.94. The molecule has 2 fully saturated rings. The Kier molecular flexibility index (Phi) is 6.30. The number of hydrogen-bond donors (Lipinski definition) is 0. The molecule has 0 atom stereocenters. The molecule has 2 saturated heterocycles. The maximum atomic E-state index is 13.1. The highest BCUT2D eigenvalue weighted by Gasteiger charge is 2.42. The molecular weight excluding hydrogens is 362 g/mol. The van der Waals surface area contributed by atoms with E-state index in [1.807, 2.05) is 34.1 Å². The van der Waals surface area contributed by atoms with E-state index < -0.39 is 5.41 Å². The van der Waals surface area contributed by atoms with Crippen molar-refractivity contribution in [1.82, 2.24) is 9.80 Å². The standard InChI is InChI=1S/C21H30ClN3O2/c1-21(2,19(26)24-10-5-3-4-6-11-24)20(27)25-14-12-23(13-15-25)18-9-7-8-17(22)16-18/h7-9,16H,3-6,10-15H2,1-2H3. The zero-order valence-electron chi connectivity index (χ0n) is 16.4. The van der Waals surface area contributed by atoms with E-state index in [1.165, 1.54) is 12.8 Å². The van der Waals surface area contributed by atoms with Crippen molar-refractivity contribution in [2.24, 2.45) is 5.41 Å². The van der Waals surface area contributed by atoms with Gasteiger partial charge in [0.1, 0.15) is 5.41 Å². The fraction of sp³-hybridized carbons (Fsp3) is 0.619. The third-order valence-electron chi connectivity index (χ3n) is 5.70. The second-order valence-electron chi connectivity index (χ2n) is 8.09. The first-order valence-electron chi connectivity index (χ1n) is 9.99. The van der Waals surface area contributed by atoms with Crippen LogP contribution < -0.4 is 4.90 Å². The number of nitrogens with zero attached hydrogens (tertiary/aromatic N) is 3. The number of carbonyl (C=O) groups is 2.